The molecule has 0 spiro atoms. The van der Waals surface area contributed by atoms with E-state index in [1.807, 2.05) is 29.8 Å². The summed E-state index contributed by atoms with van der Waals surface area (Å²) in [4.78, 5) is 0. The maximum atomic E-state index is 6.15. The number of aromatic nitrogens is 2. The van der Waals surface area contributed by atoms with Crippen LogP contribution in [0.1, 0.15) is 30.8 Å². The lowest BCUT2D eigenvalue weighted by Gasteiger charge is -2.10. The average Bonchev–Trinajstić information content (AvgIpc) is 2.76. The van der Waals surface area contributed by atoms with Gasteiger partial charge >= 0.3 is 0 Å². The van der Waals surface area contributed by atoms with Gasteiger partial charge in [-0.1, -0.05) is 24.6 Å². The second-order valence-electron chi connectivity index (χ2n) is 4.69. The van der Waals surface area contributed by atoms with Gasteiger partial charge in [-0.05, 0) is 53.9 Å². The molecule has 0 amide bonds. The highest BCUT2D eigenvalue weighted by molar-refractivity contribution is 9.10. The SMILES string of the molecule is CCc1nn(CC)c(CNc2ccc(C)c(Cl)c2)c1Br. The number of rotatable bonds is 5. The molecule has 2 aromatic rings. The number of anilines is 1. The largest absolute Gasteiger partial charge is 0.379 e. The molecule has 1 aromatic carbocycles. The van der Waals surface area contributed by atoms with Crippen LogP contribution in [-0.2, 0) is 19.5 Å². The summed E-state index contributed by atoms with van der Waals surface area (Å²) in [7, 11) is 0. The summed E-state index contributed by atoms with van der Waals surface area (Å²) in [6.45, 7) is 7.81. The van der Waals surface area contributed by atoms with Crippen LogP contribution in [0.5, 0.6) is 0 Å². The van der Waals surface area contributed by atoms with Crippen molar-refractivity contribution in [1.29, 1.82) is 0 Å². The summed E-state index contributed by atoms with van der Waals surface area (Å²) < 4.78 is 3.14. The quantitative estimate of drug-likeness (QED) is 0.834. The van der Waals surface area contributed by atoms with Crippen LogP contribution in [-0.4, -0.2) is 9.78 Å². The van der Waals surface area contributed by atoms with E-state index in [1.54, 1.807) is 0 Å². The first-order chi connectivity index (χ1) is 9.56. The van der Waals surface area contributed by atoms with Gasteiger partial charge in [0, 0.05) is 17.3 Å². The van der Waals surface area contributed by atoms with Gasteiger partial charge in [0.1, 0.15) is 0 Å². The molecule has 2 rings (SSSR count). The van der Waals surface area contributed by atoms with Gasteiger partial charge in [0.2, 0.25) is 0 Å². The molecule has 108 valence electrons. The summed E-state index contributed by atoms with van der Waals surface area (Å²) in [5, 5.41) is 8.79. The van der Waals surface area contributed by atoms with Gasteiger partial charge < -0.3 is 5.32 Å². The van der Waals surface area contributed by atoms with E-state index in [9.17, 15) is 0 Å². The Kier molecular flexibility index (Phi) is 5.11. The van der Waals surface area contributed by atoms with E-state index >= 15 is 0 Å². The summed E-state index contributed by atoms with van der Waals surface area (Å²) >= 11 is 9.80. The Labute approximate surface area is 133 Å². The molecule has 1 N–H and O–H groups in total. The minimum Gasteiger partial charge on any atom is -0.379 e. The Morgan fingerprint density at radius 3 is 2.70 bits per heavy atom. The molecule has 0 saturated heterocycles. The highest BCUT2D eigenvalue weighted by Gasteiger charge is 2.13. The summed E-state index contributed by atoms with van der Waals surface area (Å²) in [5.74, 6) is 0. The number of benzene rings is 1. The smallest absolute Gasteiger partial charge is 0.0767 e. The van der Waals surface area contributed by atoms with Crippen molar-refractivity contribution < 1.29 is 0 Å². The fourth-order valence-corrected chi connectivity index (χ4v) is 2.96. The molecule has 0 fully saturated rings. The first-order valence-electron chi connectivity index (χ1n) is 6.80. The first-order valence-corrected chi connectivity index (χ1v) is 7.98. The van der Waals surface area contributed by atoms with E-state index in [2.05, 4.69) is 40.2 Å². The molecule has 0 aliphatic carbocycles. The molecule has 3 nitrogen and oxygen atoms in total. The molecule has 0 aliphatic heterocycles. The zero-order valence-electron chi connectivity index (χ0n) is 12.0. The molecular weight excluding hydrogens is 338 g/mol. The second kappa shape index (κ2) is 6.64. The number of hydrogen-bond acceptors (Lipinski definition) is 2. The standard InChI is InChI=1S/C15H19BrClN3/c1-4-13-15(16)14(20(5-2)19-13)9-18-11-7-6-10(3)12(17)8-11/h6-8,18H,4-5,9H2,1-3H3. The van der Waals surface area contributed by atoms with Crippen LogP contribution in [0.4, 0.5) is 5.69 Å². The number of hydrogen-bond donors (Lipinski definition) is 1. The van der Waals surface area contributed by atoms with Gasteiger partial charge in [-0.2, -0.15) is 5.10 Å². The average molecular weight is 357 g/mol. The van der Waals surface area contributed by atoms with Crippen molar-refractivity contribution in [3.05, 3.63) is 44.6 Å². The number of halogens is 2. The molecule has 1 heterocycles. The highest BCUT2D eigenvalue weighted by Crippen LogP contribution is 2.25. The van der Waals surface area contributed by atoms with E-state index in [0.717, 1.165) is 46.0 Å². The van der Waals surface area contributed by atoms with Crippen LogP contribution in [0.15, 0.2) is 22.7 Å². The van der Waals surface area contributed by atoms with Gasteiger partial charge in [-0.3, -0.25) is 4.68 Å². The predicted molar refractivity (Wildman–Crippen MR) is 88.5 cm³/mol. The topological polar surface area (TPSA) is 29.9 Å². The normalized spacial score (nSPS) is 10.8. The Balaban J connectivity index is 2.17. The molecule has 0 aliphatic rings. The molecule has 0 saturated carbocycles. The van der Waals surface area contributed by atoms with Crippen LogP contribution < -0.4 is 5.32 Å². The van der Waals surface area contributed by atoms with Gasteiger partial charge in [-0.15, -0.1) is 0 Å². The Morgan fingerprint density at radius 2 is 2.10 bits per heavy atom. The molecule has 5 heteroatoms. The monoisotopic (exact) mass is 355 g/mol. The van der Waals surface area contributed by atoms with Crippen molar-refractivity contribution in [2.75, 3.05) is 5.32 Å². The number of nitrogens with one attached hydrogen (secondary N) is 1. The summed E-state index contributed by atoms with van der Waals surface area (Å²) in [6.07, 6.45) is 0.928. The molecule has 0 unspecified atom stereocenters. The molecular formula is C15H19BrClN3. The van der Waals surface area contributed by atoms with Crippen LogP contribution >= 0.6 is 27.5 Å². The van der Waals surface area contributed by atoms with Gasteiger partial charge in [0.25, 0.3) is 0 Å². The molecule has 1 aromatic heterocycles. The van der Waals surface area contributed by atoms with E-state index in [4.69, 9.17) is 11.6 Å². The zero-order valence-corrected chi connectivity index (χ0v) is 14.3. The van der Waals surface area contributed by atoms with E-state index < -0.39 is 0 Å². The Morgan fingerprint density at radius 1 is 1.35 bits per heavy atom. The zero-order chi connectivity index (χ0) is 14.7. The lowest BCUT2D eigenvalue weighted by molar-refractivity contribution is 0.619. The number of nitrogens with zero attached hydrogens (tertiary/aromatic N) is 2. The minimum atomic E-state index is 0.723. The van der Waals surface area contributed by atoms with Crippen LogP contribution in [0.3, 0.4) is 0 Å². The second-order valence-corrected chi connectivity index (χ2v) is 5.89. The van der Waals surface area contributed by atoms with E-state index in [0.29, 0.717) is 0 Å². The van der Waals surface area contributed by atoms with Crippen LogP contribution in [0.2, 0.25) is 5.02 Å². The van der Waals surface area contributed by atoms with E-state index in [-0.39, 0.29) is 0 Å². The van der Waals surface area contributed by atoms with Crippen LogP contribution in [0.25, 0.3) is 0 Å². The van der Waals surface area contributed by atoms with Crippen molar-refractivity contribution in [1.82, 2.24) is 9.78 Å². The van der Waals surface area contributed by atoms with Gasteiger partial charge in [0.05, 0.1) is 22.4 Å². The van der Waals surface area contributed by atoms with Crippen molar-refractivity contribution in [2.45, 2.75) is 40.3 Å². The molecule has 0 atom stereocenters. The maximum Gasteiger partial charge on any atom is 0.0767 e. The lowest BCUT2D eigenvalue weighted by Crippen LogP contribution is -2.08. The molecule has 20 heavy (non-hydrogen) atoms. The number of aryl methyl sites for hydroxylation is 3. The molecule has 0 bridgehead atoms. The third-order valence-electron chi connectivity index (χ3n) is 3.33. The van der Waals surface area contributed by atoms with Crippen molar-refractivity contribution in [3.63, 3.8) is 0 Å². The molecule has 0 radical (unpaired) electrons. The van der Waals surface area contributed by atoms with Gasteiger partial charge in [-0.25, -0.2) is 0 Å². The maximum absolute atomic E-state index is 6.15. The van der Waals surface area contributed by atoms with Crippen molar-refractivity contribution in [3.8, 4) is 0 Å². The van der Waals surface area contributed by atoms with Crippen LogP contribution in [0, 0.1) is 6.92 Å². The predicted octanol–water partition coefficient (Wildman–Crippen LogP) is 4.80. The lowest BCUT2D eigenvalue weighted by atomic mass is 10.2. The minimum absolute atomic E-state index is 0.723. The van der Waals surface area contributed by atoms with Gasteiger partial charge in [0.15, 0.2) is 0 Å². The third kappa shape index (κ3) is 3.18. The van der Waals surface area contributed by atoms with Crippen molar-refractivity contribution in [2.24, 2.45) is 0 Å². The Bertz CT molecular complexity index is 607. The first kappa shape index (κ1) is 15.4. The summed E-state index contributed by atoms with van der Waals surface area (Å²) in [5.41, 5.74) is 4.38. The highest BCUT2D eigenvalue weighted by atomic mass is 79.9. The van der Waals surface area contributed by atoms with Crippen molar-refractivity contribution >= 4 is 33.2 Å². The Hall–Kier alpha value is -1.000. The third-order valence-corrected chi connectivity index (χ3v) is 4.65. The fourth-order valence-electron chi connectivity index (χ4n) is 2.07. The van der Waals surface area contributed by atoms with E-state index in [1.165, 1.54) is 5.69 Å². The summed E-state index contributed by atoms with van der Waals surface area (Å²) in [6, 6.07) is 6.02. The fraction of sp³-hybridized carbons (Fsp3) is 0.400.